The molecule has 0 spiro atoms. The van der Waals surface area contributed by atoms with Gasteiger partial charge in [0, 0.05) is 12.1 Å². The van der Waals surface area contributed by atoms with Crippen LogP contribution in [-0.2, 0) is 17.9 Å². The average molecular weight is 363 g/mol. The molecule has 0 saturated carbocycles. The highest BCUT2D eigenvalue weighted by molar-refractivity contribution is 5.92. The average Bonchev–Trinajstić information content (AvgIpc) is 3.24. The summed E-state index contributed by atoms with van der Waals surface area (Å²) in [6.45, 7) is 4.79. The summed E-state index contributed by atoms with van der Waals surface area (Å²) in [6.07, 6.45) is 1.61. The fourth-order valence-electron chi connectivity index (χ4n) is 2.85. The lowest BCUT2D eigenvalue weighted by molar-refractivity contribution is -0.117. The summed E-state index contributed by atoms with van der Waals surface area (Å²) in [5, 5.41) is 12.0. The third-order valence-corrected chi connectivity index (χ3v) is 4.33. The van der Waals surface area contributed by atoms with Crippen LogP contribution < -0.4 is 5.32 Å². The molecule has 0 fully saturated rings. The molecule has 0 atom stereocenters. The van der Waals surface area contributed by atoms with Crippen LogP contribution in [0.2, 0.25) is 0 Å². The summed E-state index contributed by atoms with van der Waals surface area (Å²) in [6, 6.07) is 15.7. The molecular weight excluding hydrogens is 342 g/mol. The van der Waals surface area contributed by atoms with Crippen LogP contribution in [-0.4, -0.2) is 17.4 Å². The number of carbonyl (C=O) groups excluding carboxylic acids is 1. The van der Waals surface area contributed by atoms with Crippen molar-refractivity contribution in [1.82, 2.24) is 4.90 Å². The second-order valence-corrected chi connectivity index (χ2v) is 6.36. The van der Waals surface area contributed by atoms with Crippen LogP contribution in [0.4, 0.5) is 5.88 Å². The summed E-state index contributed by atoms with van der Waals surface area (Å²) in [5.41, 5.74) is 2.20. The van der Waals surface area contributed by atoms with Gasteiger partial charge in [-0.2, -0.15) is 5.26 Å². The van der Waals surface area contributed by atoms with E-state index in [1.165, 1.54) is 0 Å². The Morgan fingerprint density at radius 3 is 2.59 bits per heavy atom. The molecule has 0 bridgehead atoms. The minimum absolute atomic E-state index is 0.138. The van der Waals surface area contributed by atoms with Crippen molar-refractivity contribution in [2.75, 3.05) is 11.9 Å². The largest absolute Gasteiger partial charge is 0.468 e. The van der Waals surface area contributed by atoms with E-state index >= 15 is 0 Å². The van der Waals surface area contributed by atoms with E-state index in [4.69, 9.17) is 8.83 Å². The molecule has 0 aliphatic heterocycles. The smallest absolute Gasteiger partial charge is 0.240 e. The lowest BCUT2D eigenvalue weighted by atomic mass is 10.2. The van der Waals surface area contributed by atoms with Gasteiger partial charge in [0.05, 0.1) is 19.4 Å². The van der Waals surface area contributed by atoms with E-state index in [0.717, 1.165) is 16.9 Å². The number of rotatable bonds is 7. The molecule has 1 amide bonds. The normalized spacial score (nSPS) is 10.7. The van der Waals surface area contributed by atoms with Crippen LogP contribution >= 0.6 is 0 Å². The Kier molecular flexibility index (Phi) is 5.74. The molecule has 0 radical (unpaired) electrons. The zero-order valence-corrected chi connectivity index (χ0v) is 15.4. The number of benzene rings is 1. The maximum absolute atomic E-state index is 12.6. The van der Waals surface area contributed by atoms with Gasteiger partial charge in [-0.3, -0.25) is 15.0 Å². The van der Waals surface area contributed by atoms with E-state index in [0.29, 0.717) is 24.4 Å². The fraction of sp³-hybridized carbons (Fsp3) is 0.238. The highest BCUT2D eigenvalue weighted by atomic mass is 16.4. The zero-order valence-electron chi connectivity index (χ0n) is 15.4. The molecule has 6 nitrogen and oxygen atoms in total. The monoisotopic (exact) mass is 363 g/mol. The number of furan rings is 2. The van der Waals surface area contributed by atoms with Crippen LogP contribution in [0.25, 0.3) is 0 Å². The Hall–Kier alpha value is -3.30. The number of carbonyl (C=O) groups is 1. The van der Waals surface area contributed by atoms with Gasteiger partial charge in [0.15, 0.2) is 0 Å². The Bertz CT molecular complexity index is 937. The minimum atomic E-state index is -0.247. The summed E-state index contributed by atoms with van der Waals surface area (Å²) < 4.78 is 10.9. The fourth-order valence-corrected chi connectivity index (χ4v) is 2.85. The quantitative estimate of drug-likeness (QED) is 0.686. The molecule has 3 rings (SSSR count). The third kappa shape index (κ3) is 4.66. The van der Waals surface area contributed by atoms with Crippen molar-refractivity contribution in [2.45, 2.75) is 26.9 Å². The number of hydrogen-bond donors (Lipinski definition) is 1. The molecule has 27 heavy (non-hydrogen) atoms. The van der Waals surface area contributed by atoms with Crippen molar-refractivity contribution in [2.24, 2.45) is 0 Å². The zero-order chi connectivity index (χ0) is 19.2. The standard InChI is InChI=1S/C21H21N3O3/c1-15-16(2)27-21(19(15)11-22)23-20(25)14-24(13-18-9-6-10-26-18)12-17-7-4-3-5-8-17/h3-10H,12-14H2,1-2H3,(H,23,25). The summed E-state index contributed by atoms with van der Waals surface area (Å²) in [7, 11) is 0. The Morgan fingerprint density at radius 1 is 1.15 bits per heavy atom. The van der Waals surface area contributed by atoms with Gasteiger partial charge in [-0.25, -0.2) is 0 Å². The van der Waals surface area contributed by atoms with Crippen molar-refractivity contribution >= 4 is 11.8 Å². The number of nitriles is 1. The maximum atomic E-state index is 12.6. The second-order valence-electron chi connectivity index (χ2n) is 6.36. The third-order valence-electron chi connectivity index (χ3n) is 4.33. The molecule has 2 aromatic heterocycles. The second kappa shape index (κ2) is 8.39. The van der Waals surface area contributed by atoms with Gasteiger partial charge in [0.1, 0.15) is 23.2 Å². The Balaban J connectivity index is 1.72. The molecule has 138 valence electrons. The lowest BCUT2D eigenvalue weighted by Gasteiger charge is -2.20. The van der Waals surface area contributed by atoms with Crippen LogP contribution in [0.15, 0.2) is 57.6 Å². The highest BCUT2D eigenvalue weighted by Gasteiger charge is 2.19. The first-order valence-electron chi connectivity index (χ1n) is 8.65. The van der Waals surface area contributed by atoms with Crippen LogP contribution in [0, 0.1) is 25.2 Å². The molecular formula is C21H21N3O3. The first-order valence-corrected chi connectivity index (χ1v) is 8.65. The number of anilines is 1. The number of amides is 1. The molecule has 0 aliphatic rings. The summed E-state index contributed by atoms with van der Waals surface area (Å²) in [5.74, 6) is 1.36. The van der Waals surface area contributed by atoms with Crippen LogP contribution in [0.1, 0.15) is 28.2 Å². The number of nitrogens with one attached hydrogen (secondary N) is 1. The van der Waals surface area contributed by atoms with Crippen molar-refractivity contribution in [1.29, 1.82) is 5.26 Å². The van der Waals surface area contributed by atoms with Gasteiger partial charge in [-0.1, -0.05) is 30.3 Å². The van der Waals surface area contributed by atoms with E-state index < -0.39 is 0 Å². The van der Waals surface area contributed by atoms with Crippen LogP contribution in [0.3, 0.4) is 0 Å². The molecule has 3 aromatic rings. The molecule has 0 unspecified atom stereocenters. The Labute approximate surface area is 158 Å². The van der Waals surface area contributed by atoms with Crippen molar-refractivity contribution in [3.63, 3.8) is 0 Å². The number of aryl methyl sites for hydroxylation is 1. The summed E-state index contributed by atoms with van der Waals surface area (Å²) in [4.78, 5) is 14.5. The number of hydrogen-bond acceptors (Lipinski definition) is 5. The van der Waals surface area contributed by atoms with E-state index in [1.54, 1.807) is 20.1 Å². The van der Waals surface area contributed by atoms with Gasteiger partial charge < -0.3 is 8.83 Å². The van der Waals surface area contributed by atoms with Gasteiger partial charge in [0.25, 0.3) is 0 Å². The maximum Gasteiger partial charge on any atom is 0.240 e. The molecule has 2 heterocycles. The predicted octanol–water partition coefficient (Wildman–Crippen LogP) is 4.00. The lowest BCUT2D eigenvalue weighted by Crippen LogP contribution is -2.32. The van der Waals surface area contributed by atoms with Gasteiger partial charge >= 0.3 is 0 Å². The topological polar surface area (TPSA) is 82.4 Å². The van der Waals surface area contributed by atoms with Gasteiger partial charge in [-0.05, 0) is 31.5 Å². The molecule has 6 heteroatoms. The molecule has 0 saturated heterocycles. The number of nitrogens with zero attached hydrogens (tertiary/aromatic N) is 2. The van der Waals surface area contributed by atoms with E-state index in [1.807, 2.05) is 47.4 Å². The molecule has 1 aromatic carbocycles. The Morgan fingerprint density at radius 2 is 1.93 bits per heavy atom. The van der Waals surface area contributed by atoms with Gasteiger partial charge in [0.2, 0.25) is 11.8 Å². The first kappa shape index (κ1) is 18.5. The van der Waals surface area contributed by atoms with E-state index in [9.17, 15) is 10.1 Å². The highest BCUT2D eigenvalue weighted by Crippen LogP contribution is 2.25. The van der Waals surface area contributed by atoms with Crippen molar-refractivity contribution in [3.8, 4) is 6.07 Å². The SMILES string of the molecule is Cc1oc(NC(=O)CN(Cc2ccccc2)Cc2ccco2)c(C#N)c1C. The van der Waals surface area contributed by atoms with E-state index in [-0.39, 0.29) is 18.3 Å². The minimum Gasteiger partial charge on any atom is -0.468 e. The van der Waals surface area contributed by atoms with Crippen molar-refractivity contribution < 1.29 is 13.6 Å². The molecule has 0 aliphatic carbocycles. The first-order chi connectivity index (χ1) is 13.1. The van der Waals surface area contributed by atoms with Crippen LogP contribution in [0.5, 0.6) is 0 Å². The summed E-state index contributed by atoms with van der Waals surface area (Å²) >= 11 is 0. The van der Waals surface area contributed by atoms with E-state index in [2.05, 4.69) is 11.4 Å². The van der Waals surface area contributed by atoms with Crippen molar-refractivity contribution in [3.05, 3.63) is 76.9 Å². The van der Waals surface area contributed by atoms with Gasteiger partial charge in [-0.15, -0.1) is 0 Å². The predicted molar refractivity (Wildman–Crippen MR) is 101 cm³/mol. The molecule has 1 N–H and O–H groups in total.